The maximum Gasteiger partial charge on any atom is 0.258 e. The van der Waals surface area contributed by atoms with Gasteiger partial charge in [-0.1, -0.05) is 12.1 Å². The molecule has 0 aliphatic rings. The number of para-hydroxylation sites is 1. The molecular weight excluding hydrogens is 327 g/mol. The Morgan fingerprint density at radius 1 is 1.18 bits per heavy atom. The van der Waals surface area contributed by atoms with E-state index < -0.39 is 0 Å². The van der Waals surface area contributed by atoms with Crippen molar-refractivity contribution in [1.82, 2.24) is 4.98 Å². The topological polar surface area (TPSA) is 33.2 Å². The molecule has 4 heteroatoms. The molecule has 2 rings (SSSR count). The first kappa shape index (κ1) is 12.0. The Hall–Kier alpha value is -1.43. The maximum atomic E-state index is 12.2. The number of amides is 1. The van der Waals surface area contributed by atoms with E-state index in [4.69, 9.17) is 0 Å². The molecule has 0 aliphatic carbocycles. The summed E-state index contributed by atoms with van der Waals surface area (Å²) in [5.74, 6) is -0.0310. The summed E-state index contributed by atoms with van der Waals surface area (Å²) in [6.07, 6.45) is 3.24. The fraction of sp³-hybridized carbons (Fsp3) is 0.0769. The zero-order valence-electron chi connectivity index (χ0n) is 9.30. The van der Waals surface area contributed by atoms with E-state index in [2.05, 4.69) is 27.6 Å². The quantitative estimate of drug-likeness (QED) is 0.789. The number of nitrogens with zero attached hydrogens (tertiary/aromatic N) is 2. The normalized spacial score (nSPS) is 10.0. The Balaban J connectivity index is 2.30. The van der Waals surface area contributed by atoms with Crippen molar-refractivity contribution >= 4 is 34.2 Å². The van der Waals surface area contributed by atoms with Crippen molar-refractivity contribution in [2.24, 2.45) is 0 Å². The lowest BCUT2D eigenvalue weighted by Gasteiger charge is -2.18. The van der Waals surface area contributed by atoms with Crippen LogP contribution >= 0.6 is 22.6 Å². The van der Waals surface area contributed by atoms with Gasteiger partial charge in [0.2, 0.25) is 0 Å². The van der Waals surface area contributed by atoms with Gasteiger partial charge in [0.25, 0.3) is 5.91 Å². The van der Waals surface area contributed by atoms with Gasteiger partial charge in [-0.3, -0.25) is 9.78 Å². The molecule has 2 aromatic rings. The third-order valence-electron chi connectivity index (χ3n) is 2.45. The van der Waals surface area contributed by atoms with Gasteiger partial charge in [0.05, 0.1) is 5.69 Å². The molecule has 0 aliphatic heterocycles. The average molecular weight is 338 g/mol. The number of rotatable bonds is 2. The first-order valence-corrected chi connectivity index (χ1v) is 6.20. The second-order valence-corrected chi connectivity index (χ2v) is 4.71. The smallest absolute Gasteiger partial charge is 0.258 e. The van der Waals surface area contributed by atoms with Crippen molar-refractivity contribution in [3.05, 3.63) is 57.9 Å². The summed E-state index contributed by atoms with van der Waals surface area (Å²) in [4.78, 5) is 17.7. The van der Waals surface area contributed by atoms with E-state index in [1.54, 1.807) is 36.5 Å². The standard InChI is InChI=1S/C13H11IN2O/c1-16(12-5-3-2-4-11(12)14)13(17)10-6-8-15-9-7-10/h2-9H,1H3. The number of anilines is 1. The number of pyridine rings is 1. The Bertz CT molecular complexity index is 528. The molecule has 0 spiro atoms. The second kappa shape index (κ2) is 5.27. The zero-order chi connectivity index (χ0) is 12.3. The molecule has 0 bridgehead atoms. The van der Waals surface area contributed by atoms with Gasteiger partial charge in [0.1, 0.15) is 0 Å². The van der Waals surface area contributed by atoms with Crippen molar-refractivity contribution in [3.63, 3.8) is 0 Å². The van der Waals surface area contributed by atoms with Gasteiger partial charge in [-0.05, 0) is 46.9 Å². The summed E-state index contributed by atoms with van der Waals surface area (Å²) in [6.45, 7) is 0. The van der Waals surface area contributed by atoms with Gasteiger partial charge >= 0.3 is 0 Å². The van der Waals surface area contributed by atoms with Crippen LogP contribution in [0.4, 0.5) is 5.69 Å². The summed E-state index contributed by atoms with van der Waals surface area (Å²) >= 11 is 2.22. The third kappa shape index (κ3) is 2.63. The number of hydrogen-bond donors (Lipinski definition) is 0. The fourth-order valence-electron chi connectivity index (χ4n) is 1.52. The van der Waals surface area contributed by atoms with Crippen molar-refractivity contribution in [3.8, 4) is 0 Å². The summed E-state index contributed by atoms with van der Waals surface area (Å²) in [6, 6.07) is 11.2. The lowest BCUT2D eigenvalue weighted by molar-refractivity contribution is 0.0993. The minimum absolute atomic E-state index is 0.0310. The van der Waals surface area contributed by atoms with Crippen LogP contribution in [0.1, 0.15) is 10.4 Å². The largest absolute Gasteiger partial charge is 0.310 e. The van der Waals surface area contributed by atoms with E-state index in [0.717, 1.165) is 9.26 Å². The van der Waals surface area contributed by atoms with Crippen molar-refractivity contribution in [1.29, 1.82) is 0 Å². The summed E-state index contributed by atoms with van der Waals surface area (Å²) in [5, 5.41) is 0. The van der Waals surface area contributed by atoms with Gasteiger partial charge in [0.15, 0.2) is 0 Å². The van der Waals surface area contributed by atoms with E-state index in [-0.39, 0.29) is 5.91 Å². The predicted octanol–water partition coefficient (Wildman–Crippen LogP) is 2.96. The van der Waals surface area contributed by atoms with Crippen LogP contribution in [0.2, 0.25) is 0 Å². The molecule has 17 heavy (non-hydrogen) atoms. The van der Waals surface area contributed by atoms with E-state index >= 15 is 0 Å². The minimum Gasteiger partial charge on any atom is -0.310 e. The van der Waals surface area contributed by atoms with Crippen molar-refractivity contribution in [2.45, 2.75) is 0 Å². The van der Waals surface area contributed by atoms with Gasteiger partial charge < -0.3 is 4.90 Å². The van der Waals surface area contributed by atoms with Crippen molar-refractivity contribution < 1.29 is 4.79 Å². The SMILES string of the molecule is CN(C(=O)c1ccncc1)c1ccccc1I. The Morgan fingerprint density at radius 2 is 1.82 bits per heavy atom. The first-order valence-electron chi connectivity index (χ1n) is 5.13. The molecule has 0 fully saturated rings. The average Bonchev–Trinajstić information content (AvgIpc) is 2.39. The number of carbonyl (C=O) groups excluding carboxylic acids is 1. The van der Waals surface area contributed by atoms with Crippen LogP contribution in [-0.2, 0) is 0 Å². The minimum atomic E-state index is -0.0310. The summed E-state index contributed by atoms with van der Waals surface area (Å²) in [7, 11) is 1.78. The number of aromatic nitrogens is 1. The van der Waals surface area contributed by atoms with Gasteiger partial charge in [-0.15, -0.1) is 0 Å². The highest BCUT2D eigenvalue weighted by Crippen LogP contribution is 2.22. The molecule has 1 amide bonds. The number of hydrogen-bond acceptors (Lipinski definition) is 2. The molecule has 1 aromatic heterocycles. The molecule has 0 saturated carbocycles. The van der Waals surface area contributed by atoms with Crippen LogP contribution in [0, 0.1) is 3.57 Å². The molecule has 3 nitrogen and oxygen atoms in total. The van der Waals surface area contributed by atoms with Gasteiger partial charge in [-0.2, -0.15) is 0 Å². The third-order valence-corrected chi connectivity index (χ3v) is 3.36. The van der Waals surface area contributed by atoms with Crippen LogP contribution in [0.5, 0.6) is 0 Å². The number of carbonyl (C=O) groups is 1. The summed E-state index contributed by atoms with van der Waals surface area (Å²) in [5.41, 5.74) is 1.55. The number of benzene rings is 1. The Morgan fingerprint density at radius 3 is 2.47 bits per heavy atom. The van der Waals surface area contributed by atoms with Gasteiger partial charge in [-0.25, -0.2) is 0 Å². The molecule has 1 aromatic carbocycles. The molecule has 0 N–H and O–H groups in total. The number of halogens is 1. The van der Waals surface area contributed by atoms with Crippen LogP contribution < -0.4 is 4.90 Å². The van der Waals surface area contributed by atoms with Gasteiger partial charge in [0, 0.05) is 28.6 Å². The van der Waals surface area contributed by atoms with E-state index in [1.165, 1.54) is 0 Å². The molecular formula is C13H11IN2O. The van der Waals surface area contributed by atoms with E-state index in [0.29, 0.717) is 5.56 Å². The van der Waals surface area contributed by atoms with Crippen LogP contribution in [-0.4, -0.2) is 17.9 Å². The molecule has 0 saturated heterocycles. The molecule has 0 radical (unpaired) electrons. The second-order valence-electron chi connectivity index (χ2n) is 3.55. The molecule has 0 atom stereocenters. The highest BCUT2D eigenvalue weighted by molar-refractivity contribution is 14.1. The molecule has 0 unspecified atom stereocenters. The highest BCUT2D eigenvalue weighted by atomic mass is 127. The highest BCUT2D eigenvalue weighted by Gasteiger charge is 2.14. The Kier molecular flexibility index (Phi) is 3.73. The van der Waals surface area contributed by atoms with Crippen LogP contribution in [0.25, 0.3) is 0 Å². The lowest BCUT2D eigenvalue weighted by atomic mass is 10.2. The molecule has 86 valence electrons. The van der Waals surface area contributed by atoms with Crippen molar-refractivity contribution in [2.75, 3.05) is 11.9 Å². The van der Waals surface area contributed by atoms with Crippen LogP contribution in [0.3, 0.4) is 0 Å². The van der Waals surface area contributed by atoms with E-state index in [9.17, 15) is 4.79 Å². The Labute approximate surface area is 114 Å². The summed E-state index contributed by atoms with van der Waals surface area (Å²) < 4.78 is 1.05. The monoisotopic (exact) mass is 338 g/mol. The zero-order valence-corrected chi connectivity index (χ0v) is 11.5. The lowest BCUT2D eigenvalue weighted by Crippen LogP contribution is -2.26. The molecule has 1 heterocycles. The maximum absolute atomic E-state index is 12.2. The predicted molar refractivity (Wildman–Crippen MR) is 76.1 cm³/mol. The van der Waals surface area contributed by atoms with E-state index in [1.807, 2.05) is 24.3 Å². The fourth-order valence-corrected chi connectivity index (χ4v) is 2.27. The first-order chi connectivity index (χ1) is 8.20. The van der Waals surface area contributed by atoms with Crippen LogP contribution in [0.15, 0.2) is 48.8 Å².